The van der Waals surface area contributed by atoms with Gasteiger partial charge in [0, 0.05) is 25.2 Å². The summed E-state index contributed by atoms with van der Waals surface area (Å²) in [5.74, 6) is -1.21. The molecule has 2 aliphatic rings. The first-order valence-corrected chi connectivity index (χ1v) is 15.5. The quantitative estimate of drug-likeness (QED) is 0.240. The molecule has 1 heterocycles. The van der Waals surface area contributed by atoms with Crippen molar-refractivity contribution in [1.82, 2.24) is 20.3 Å². The van der Waals surface area contributed by atoms with Crippen LogP contribution in [0.2, 0.25) is 0 Å². The third-order valence-electron chi connectivity index (χ3n) is 8.23. The summed E-state index contributed by atoms with van der Waals surface area (Å²) >= 11 is 0. The van der Waals surface area contributed by atoms with Crippen LogP contribution in [-0.2, 0) is 34.2 Å². The van der Waals surface area contributed by atoms with Crippen LogP contribution >= 0.6 is 0 Å². The fraction of sp³-hybridized carbons (Fsp3) is 0.355. The molecule has 1 unspecified atom stereocenters. The normalized spacial score (nSPS) is 18.0. The number of benzene rings is 3. The zero-order chi connectivity index (χ0) is 30.0. The van der Waals surface area contributed by atoms with Crippen LogP contribution in [0.1, 0.15) is 57.6 Å². The summed E-state index contributed by atoms with van der Waals surface area (Å²) in [6, 6.07) is 16.2. The number of amides is 2. The Morgan fingerprint density at radius 1 is 1.02 bits per heavy atom. The van der Waals surface area contributed by atoms with Crippen molar-refractivity contribution in [3.8, 4) is 0 Å². The molecule has 0 saturated carbocycles. The molecule has 10 nitrogen and oxygen atoms in total. The van der Waals surface area contributed by atoms with Crippen LogP contribution < -0.4 is 16.0 Å². The molecule has 0 spiro atoms. The van der Waals surface area contributed by atoms with Gasteiger partial charge in [-0.25, -0.2) is 13.2 Å². The highest BCUT2D eigenvalue weighted by molar-refractivity contribution is 7.89. The van der Waals surface area contributed by atoms with Gasteiger partial charge in [-0.05, 0) is 78.6 Å². The Labute approximate surface area is 245 Å². The van der Waals surface area contributed by atoms with E-state index < -0.39 is 34.3 Å². The highest BCUT2D eigenvalue weighted by Crippen LogP contribution is 2.33. The molecule has 0 aromatic heterocycles. The monoisotopic (exact) mass is 592 g/mol. The van der Waals surface area contributed by atoms with Gasteiger partial charge in [-0.2, -0.15) is 4.31 Å². The minimum atomic E-state index is -3.65. The lowest BCUT2D eigenvalue weighted by Crippen LogP contribution is -2.49. The smallest absolute Gasteiger partial charge is 0.322 e. The molecular formula is C31H36N4O6S. The number of aliphatic hydroxyl groups is 1. The number of rotatable bonds is 9. The van der Waals surface area contributed by atoms with Crippen molar-refractivity contribution in [2.75, 3.05) is 13.1 Å². The van der Waals surface area contributed by atoms with E-state index in [1.807, 2.05) is 37.3 Å². The Morgan fingerprint density at radius 2 is 1.74 bits per heavy atom. The molecule has 2 amide bonds. The van der Waals surface area contributed by atoms with Gasteiger partial charge in [0.2, 0.25) is 10.0 Å². The van der Waals surface area contributed by atoms with E-state index in [1.54, 1.807) is 37.3 Å². The Kier molecular flexibility index (Phi) is 8.65. The van der Waals surface area contributed by atoms with Crippen molar-refractivity contribution in [1.29, 1.82) is 0 Å². The van der Waals surface area contributed by atoms with Crippen molar-refractivity contribution >= 4 is 22.0 Å². The Balaban J connectivity index is 1.25. The van der Waals surface area contributed by atoms with Gasteiger partial charge in [0.15, 0.2) is 0 Å². The molecule has 1 aliphatic carbocycles. The van der Waals surface area contributed by atoms with Gasteiger partial charge in [0.05, 0.1) is 10.9 Å². The van der Waals surface area contributed by atoms with Crippen LogP contribution in [0.5, 0.6) is 0 Å². The van der Waals surface area contributed by atoms with Gasteiger partial charge in [-0.3, -0.25) is 10.1 Å². The lowest BCUT2D eigenvalue weighted by molar-refractivity contribution is -0.140. The number of carboxylic acid groups (broad SMARTS) is 1. The average molecular weight is 593 g/mol. The third kappa shape index (κ3) is 6.05. The van der Waals surface area contributed by atoms with Gasteiger partial charge >= 0.3 is 12.0 Å². The van der Waals surface area contributed by atoms with Crippen LogP contribution in [0, 0.1) is 13.8 Å². The molecule has 11 heteroatoms. The number of carboxylic acids is 1. The van der Waals surface area contributed by atoms with Gasteiger partial charge in [-0.1, -0.05) is 48.5 Å². The van der Waals surface area contributed by atoms with Gasteiger partial charge in [0.25, 0.3) is 0 Å². The number of urea groups is 1. The van der Waals surface area contributed by atoms with E-state index in [2.05, 4.69) is 16.0 Å². The summed E-state index contributed by atoms with van der Waals surface area (Å²) in [6.45, 7) is 3.93. The maximum atomic E-state index is 13.2. The number of nitrogens with zero attached hydrogens (tertiary/aromatic N) is 1. The minimum Gasteiger partial charge on any atom is -0.480 e. The molecule has 5 rings (SSSR count). The second kappa shape index (κ2) is 12.2. The molecule has 222 valence electrons. The van der Waals surface area contributed by atoms with E-state index >= 15 is 0 Å². The largest absolute Gasteiger partial charge is 0.480 e. The van der Waals surface area contributed by atoms with Gasteiger partial charge in [-0.15, -0.1) is 0 Å². The van der Waals surface area contributed by atoms with Crippen molar-refractivity contribution in [3.63, 3.8) is 0 Å². The predicted molar refractivity (Wildman–Crippen MR) is 157 cm³/mol. The standard InChI is InChI=1S/C31H36N4O6S/c1-19-16-22-18-35(42(40,41)23-9-4-3-5-10-23)15-14-24(22)20(2)28(19)29(36)33-27(30(37)38)17-32-31(39)34-26-13-12-21-8-6-7-11-25(21)26/h3-11,16,26-27,29,33,36H,12-15,17-18H2,1-2H3,(H,37,38)(H2,32,34,39)/t26-,27+,29?/m1/s1. The molecule has 0 fully saturated rings. The van der Waals surface area contributed by atoms with Crippen molar-refractivity contribution < 1.29 is 28.2 Å². The Bertz CT molecular complexity index is 1590. The number of carbonyl (C=O) groups is 2. The first-order chi connectivity index (χ1) is 20.1. The summed E-state index contributed by atoms with van der Waals surface area (Å²) in [5, 5.41) is 29.2. The van der Waals surface area contributed by atoms with Crippen LogP contribution in [0.3, 0.4) is 0 Å². The summed E-state index contributed by atoms with van der Waals surface area (Å²) in [6.07, 6.45) is 0.794. The zero-order valence-corrected chi connectivity index (χ0v) is 24.4. The highest BCUT2D eigenvalue weighted by atomic mass is 32.2. The number of carbonyl (C=O) groups excluding carboxylic acids is 1. The zero-order valence-electron chi connectivity index (χ0n) is 23.6. The maximum absolute atomic E-state index is 13.2. The molecule has 42 heavy (non-hydrogen) atoms. The van der Waals surface area contributed by atoms with E-state index in [9.17, 15) is 28.2 Å². The molecule has 3 atom stereocenters. The molecule has 5 N–H and O–H groups in total. The second-order valence-electron chi connectivity index (χ2n) is 10.9. The predicted octanol–water partition coefficient (Wildman–Crippen LogP) is 3.07. The molecule has 0 radical (unpaired) electrons. The first kappa shape index (κ1) is 29.7. The van der Waals surface area contributed by atoms with Crippen LogP contribution in [0.4, 0.5) is 4.79 Å². The average Bonchev–Trinajstić information content (AvgIpc) is 3.37. The van der Waals surface area contributed by atoms with Crippen LogP contribution in [0.15, 0.2) is 65.6 Å². The number of aliphatic carboxylic acids is 1. The molecule has 3 aromatic rings. The molecule has 0 saturated heterocycles. The third-order valence-corrected chi connectivity index (χ3v) is 10.1. The number of aryl methyl sites for hydroxylation is 2. The Hall–Kier alpha value is -3.77. The van der Waals surface area contributed by atoms with E-state index in [-0.39, 0.29) is 24.0 Å². The van der Waals surface area contributed by atoms with Crippen LogP contribution in [-0.4, -0.2) is 54.1 Å². The summed E-state index contributed by atoms with van der Waals surface area (Å²) in [5.41, 5.74) is 6.10. The first-order valence-electron chi connectivity index (χ1n) is 14.0. The summed E-state index contributed by atoms with van der Waals surface area (Å²) in [4.78, 5) is 24.9. The fourth-order valence-corrected chi connectivity index (χ4v) is 7.53. The SMILES string of the molecule is Cc1cc2c(c(C)c1C(O)N[C@@H](CNC(=O)N[C@@H]1CCc3ccccc31)C(=O)O)CCN(S(=O)(=O)c1ccccc1)C2. The summed E-state index contributed by atoms with van der Waals surface area (Å²) < 4.78 is 27.8. The lowest BCUT2D eigenvalue weighted by Gasteiger charge is -2.32. The van der Waals surface area contributed by atoms with Gasteiger partial charge < -0.3 is 20.8 Å². The maximum Gasteiger partial charge on any atom is 0.322 e. The van der Waals surface area contributed by atoms with E-state index in [4.69, 9.17) is 0 Å². The van der Waals surface area contributed by atoms with E-state index in [0.29, 0.717) is 24.1 Å². The minimum absolute atomic E-state index is 0.137. The van der Waals surface area contributed by atoms with Crippen molar-refractivity contribution in [3.05, 3.63) is 99.6 Å². The topological polar surface area (TPSA) is 148 Å². The molecule has 3 aromatic carbocycles. The number of aliphatic hydroxyl groups excluding tert-OH is 1. The van der Waals surface area contributed by atoms with Gasteiger partial charge in [0.1, 0.15) is 12.3 Å². The fourth-order valence-electron chi connectivity index (χ4n) is 6.09. The highest BCUT2D eigenvalue weighted by Gasteiger charge is 2.32. The second-order valence-corrected chi connectivity index (χ2v) is 12.8. The van der Waals surface area contributed by atoms with E-state index in [0.717, 1.165) is 35.1 Å². The number of hydrogen-bond acceptors (Lipinski definition) is 6. The number of fused-ring (bicyclic) bond motifs is 2. The Morgan fingerprint density at radius 3 is 2.48 bits per heavy atom. The van der Waals surface area contributed by atoms with Crippen molar-refractivity contribution in [2.45, 2.75) is 62.9 Å². The van der Waals surface area contributed by atoms with E-state index in [1.165, 1.54) is 9.87 Å². The molecule has 1 aliphatic heterocycles. The number of hydrogen-bond donors (Lipinski definition) is 5. The number of sulfonamides is 1. The summed E-state index contributed by atoms with van der Waals surface area (Å²) in [7, 11) is -3.65. The lowest BCUT2D eigenvalue weighted by atomic mass is 9.88. The number of nitrogens with one attached hydrogen (secondary N) is 3. The molecule has 0 bridgehead atoms. The van der Waals surface area contributed by atoms with Crippen LogP contribution in [0.25, 0.3) is 0 Å². The van der Waals surface area contributed by atoms with Crippen molar-refractivity contribution in [2.24, 2.45) is 0 Å². The molecular weight excluding hydrogens is 556 g/mol.